The van der Waals surface area contributed by atoms with Crippen LogP contribution in [-0.4, -0.2) is 19.5 Å². The first kappa shape index (κ1) is 22.9. The third kappa shape index (κ3) is 3.28. The van der Waals surface area contributed by atoms with Crippen molar-refractivity contribution in [1.82, 2.24) is 19.5 Å². The molecule has 0 radical (unpaired) electrons. The molecular formula is C37H23N5. The van der Waals surface area contributed by atoms with Crippen molar-refractivity contribution >= 4 is 49.6 Å². The molecule has 0 aliphatic carbocycles. The molecule has 0 unspecified atom stereocenters. The minimum absolute atomic E-state index is 0.959. The second kappa shape index (κ2) is 8.85. The topological polar surface area (TPSA) is 46.8 Å². The van der Waals surface area contributed by atoms with Gasteiger partial charge >= 0.3 is 0 Å². The number of nitrogens with zero attached hydrogens (tertiary/aromatic N) is 5. The Hall–Kier alpha value is -5.81. The molecule has 196 valence electrons. The van der Waals surface area contributed by atoms with E-state index in [0.29, 0.717) is 0 Å². The van der Waals surface area contributed by atoms with Crippen LogP contribution in [0, 0.1) is 0 Å². The van der Waals surface area contributed by atoms with Crippen LogP contribution in [0.5, 0.6) is 0 Å². The minimum Gasteiger partial charge on any atom is -0.308 e. The second-order valence-corrected chi connectivity index (χ2v) is 10.6. The van der Waals surface area contributed by atoms with Gasteiger partial charge in [0.2, 0.25) is 0 Å². The number of benzene rings is 4. The zero-order chi connectivity index (χ0) is 27.6. The molecule has 0 bridgehead atoms. The number of fused-ring (bicyclic) bond motifs is 5. The van der Waals surface area contributed by atoms with Crippen LogP contribution < -0.4 is 4.90 Å². The van der Waals surface area contributed by atoms with E-state index in [1.807, 2.05) is 55.2 Å². The molecule has 0 amide bonds. The zero-order valence-electron chi connectivity index (χ0n) is 22.5. The van der Waals surface area contributed by atoms with Gasteiger partial charge in [0.25, 0.3) is 0 Å². The molecule has 9 rings (SSSR count). The van der Waals surface area contributed by atoms with E-state index in [2.05, 4.69) is 109 Å². The summed E-state index contributed by atoms with van der Waals surface area (Å²) in [6.07, 6.45) is 9.36. The van der Waals surface area contributed by atoms with Crippen LogP contribution in [0.25, 0.3) is 60.6 Å². The zero-order valence-corrected chi connectivity index (χ0v) is 22.5. The van der Waals surface area contributed by atoms with Crippen LogP contribution in [0.15, 0.2) is 140 Å². The van der Waals surface area contributed by atoms with Gasteiger partial charge in [-0.15, -0.1) is 0 Å². The summed E-state index contributed by atoms with van der Waals surface area (Å²) in [7, 11) is 0. The van der Waals surface area contributed by atoms with Gasteiger partial charge in [0.1, 0.15) is 0 Å². The van der Waals surface area contributed by atoms with Gasteiger partial charge in [-0.2, -0.15) is 0 Å². The Balaban J connectivity index is 1.43. The first-order valence-corrected chi connectivity index (χ1v) is 14.0. The smallest absolute Gasteiger partial charge is 0.0702 e. The van der Waals surface area contributed by atoms with Gasteiger partial charge in [0, 0.05) is 45.9 Å². The number of hydrogen-bond donors (Lipinski definition) is 0. The van der Waals surface area contributed by atoms with Crippen LogP contribution in [0.3, 0.4) is 0 Å². The first-order chi connectivity index (χ1) is 20.8. The lowest BCUT2D eigenvalue weighted by Gasteiger charge is -2.33. The van der Waals surface area contributed by atoms with Crippen LogP contribution in [-0.2, 0) is 0 Å². The van der Waals surface area contributed by atoms with Gasteiger partial charge in [0.15, 0.2) is 0 Å². The molecule has 0 saturated carbocycles. The quantitative estimate of drug-likeness (QED) is 0.225. The Bertz CT molecular complexity index is 2290. The van der Waals surface area contributed by atoms with E-state index in [0.717, 1.165) is 45.0 Å². The van der Waals surface area contributed by atoms with Crippen molar-refractivity contribution in [2.45, 2.75) is 0 Å². The van der Waals surface area contributed by atoms with E-state index in [-0.39, 0.29) is 0 Å². The summed E-state index contributed by atoms with van der Waals surface area (Å²) in [6.45, 7) is 0. The maximum atomic E-state index is 4.64. The van der Waals surface area contributed by atoms with E-state index in [9.17, 15) is 0 Å². The highest BCUT2D eigenvalue weighted by molar-refractivity contribution is 6.19. The predicted octanol–water partition coefficient (Wildman–Crippen LogP) is 9.24. The van der Waals surface area contributed by atoms with Gasteiger partial charge in [-0.25, -0.2) is 0 Å². The fourth-order valence-corrected chi connectivity index (χ4v) is 6.54. The molecular weight excluding hydrogens is 514 g/mol. The first-order valence-electron chi connectivity index (χ1n) is 14.0. The van der Waals surface area contributed by atoms with Crippen molar-refractivity contribution in [2.24, 2.45) is 0 Å². The molecule has 5 heteroatoms. The van der Waals surface area contributed by atoms with Crippen LogP contribution in [0.4, 0.5) is 17.1 Å². The molecule has 4 aromatic carbocycles. The Morgan fingerprint density at radius 3 is 2.12 bits per heavy atom. The Labute approximate surface area is 242 Å². The van der Waals surface area contributed by atoms with Gasteiger partial charge < -0.3 is 9.47 Å². The Morgan fingerprint density at radius 2 is 1.33 bits per heavy atom. The van der Waals surface area contributed by atoms with Crippen molar-refractivity contribution in [3.63, 3.8) is 0 Å². The summed E-state index contributed by atoms with van der Waals surface area (Å²) in [5, 5.41) is 4.84. The lowest BCUT2D eigenvalue weighted by molar-refractivity contribution is 1.14. The fraction of sp³-hybridized carbons (Fsp3) is 0. The summed E-state index contributed by atoms with van der Waals surface area (Å²) >= 11 is 0. The second-order valence-electron chi connectivity index (χ2n) is 10.6. The molecule has 0 saturated heterocycles. The van der Waals surface area contributed by atoms with Gasteiger partial charge in [-0.05, 0) is 77.7 Å². The average molecular weight is 538 g/mol. The summed E-state index contributed by atoms with van der Waals surface area (Å²) < 4.78 is 2.32. The van der Waals surface area contributed by atoms with Crippen molar-refractivity contribution < 1.29 is 0 Å². The molecule has 0 N–H and O–H groups in total. The predicted molar refractivity (Wildman–Crippen MR) is 171 cm³/mol. The molecule has 5 heterocycles. The normalized spacial score (nSPS) is 12.2. The monoisotopic (exact) mass is 537 g/mol. The van der Waals surface area contributed by atoms with E-state index < -0.39 is 0 Å². The van der Waals surface area contributed by atoms with Crippen LogP contribution in [0.2, 0.25) is 0 Å². The number of aromatic nitrogens is 4. The average Bonchev–Trinajstić information content (AvgIpc) is 3.38. The molecule has 0 spiro atoms. The molecule has 42 heavy (non-hydrogen) atoms. The third-order valence-corrected chi connectivity index (χ3v) is 8.31. The third-order valence-electron chi connectivity index (χ3n) is 8.31. The number of anilines is 3. The summed E-state index contributed by atoms with van der Waals surface area (Å²) in [5.41, 5.74) is 11.1. The molecule has 8 aromatic rings. The van der Waals surface area contributed by atoms with Crippen molar-refractivity contribution in [1.29, 1.82) is 0 Å². The molecule has 1 aliphatic rings. The fourth-order valence-electron chi connectivity index (χ4n) is 6.54. The molecule has 1 aliphatic heterocycles. The highest BCUT2D eigenvalue weighted by Gasteiger charge is 2.28. The van der Waals surface area contributed by atoms with E-state index in [1.54, 1.807) is 0 Å². The van der Waals surface area contributed by atoms with E-state index in [1.165, 1.54) is 32.7 Å². The summed E-state index contributed by atoms with van der Waals surface area (Å²) in [6, 6.07) is 38.8. The number of pyridine rings is 3. The molecule has 4 aromatic heterocycles. The van der Waals surface area contributed by atoms with Crippen LogP contribution in [0.1, 0.15) is 0 Å². The number of hydrogen-bond acceptors (Lipinski definition) is 4. The van der Waals surface area contributed by atoms with Crippen molar-refractivity contribution in [3.8, 4) is 28.1 Å². The molecule has 5 nitrogen and oxygen atoms in total. The SMILES string of the molecule is c1ccc(-c2ccc3c(c2)c2cc4c(cc2n3-c2cccnc2)N(c2cccnc2)c2cccc3cccc-4c23)nc1. The molecule has 0 atom stereocenters. The molecule has 0 fully saturated rings. The van der Waals surface area contributed by atoms with E-state index in [4.69, 9.17) is 0 Å². The highest BCUT2D eigenvalue weighted by Crippen LogP contribution is 2.52. The summed E-state index contributed by atoms with van der Waals surface area (Å²) in [5.74, 6) is 0. The highest BCUT2D eigenvalue weighted by atomic mass is 15.2. The number of rotatable bonds is 3. The van der Waals surface area contributed by atoms with Gasteiger partial charge in [-0.1, -0.05) is 42.5 Å². The Morgan fingerprint density at radius 1 is 0.524 bits per heavy atom. The standard InChI is InChI=1S/C37H23N5/c1-2-18-40-32(12-1)25-14-15-33-29(19-25)31-20-30-28-11-3-7-24-8-4-13-34(37(24)28)42(27-10-6-17-39-23-27)35(30)21-36(31)41(33)26-9-5-16-38-22-26/h1-23H. The lowest BCUT2D eigenvalue weighted by Crippen LogP contribution is -2.15. The van der Waals surface area contributed by atoms with Crippen LogP contribution >= 0.6 is 0 Å². The minimum atomic E-state index is 0.959. The maximum Gasteiger partial charge on any atom is 0.0702 e. The largest absolute Gasteiger partial charge is 0.308 e. The van der Waals surface area contributed by atoms with Gasteiger partial charge in [-0.3, -0.25) is 15.0 Å². The summed E-state index contributed by atoms with van der Waals surface area (Å²) in [4.78, 5) is 16.0. The maximum absolute atomic E-state index is 4.64. The van der Waals surface area contributed by atoms with Crippen molar-refractivity contribution in [2.75, 3.05) is 4.90 Å². The van der Waals surface area contributed by atoms with Gasteiger partial charge in [0.05, 0.1) is 51.9 Å². The Kier molecular flexibility index (Phi) is 4.83. The lowest BCUT2D eigenvalue weighted by atomic mass is 9.90. The van der Waals surface area contributed by atoms with Crippen molar-refractivity contribution in [3.05, 3.63) is 140 Å². The van der Waals surface area contributed by atoms with E-state index >= 15 is 0 Å².